The zero-order valence-electron chi connectivity index (χ0n) is 18.2. The average molecular weight is 437 g/mol. The molecule has 0 saturated heterocycles. The van der Waals surface area contributed by atoms with E-state index in [1.165, 1.54) is 19.1 Å². The first-order valence-corrected chi connectivity index (χ1v) is 9.93. The molecule has 32 heavy (non-hydrogen) atoms. The van der Waals surface area contributed by atoms with Crippen LogP contribution in [-0.2, 0) is 9.53 Å². The Hall–Kier alpha value is -3.94. The summed E-state index contributed by atoms with van der Waals surface area (Å²) in [5.41, 5.74) is -0.0329. The van der Waals surface area contributed by atoms with Crippen molar-refractivity contribution in [3.63, 3.8) is 0 Å². The highest BCUT2D eigenvalue weighted by molar-refractivity contribution is 6.12. The molecule has 3 rings (SSSR count). The normalized spacial score (nSPS) is 11.0. The van der Waals surface area contributed by atoms with E-state index >= 15 is 0 Å². The van der Waals surface area contributed by atoms with E-state index in [4.69, 9.17) is 4.74 Å². The van der Waals surface area contributed by atoms with Gasteiger partial charge in [-0.05, 0) is 61.9 Å². The van der Waals surface area contributed by atoms with Gasteiger partial charge in [-0.25, -0.2) is 9.18 Å². The third-order valence-corrected chi connectivity index (χ3v) is 4.30. The van der Waals surface area contributed by atoms with Crippen LogP contribution in [0.2, 0.25) is 0 Å². The van der Waals surface area contributed by atoms with Gasteiger partial charge in [-0.1, -0.05) is 24.3 Å². The second kappa shape index (κ2) is 9.05. The summed E-state index contributed by atoms with van der Waals surface area (Å²) in [5, 5.41) is 9.30. The number of hydrogen-bond acceptors (Lipinski definition) is 4. The molecule has 0 saturated carbocycles. The lowest BCUT2D eigenvalue weighted by Gasteiger charge is -2.20. The van der Waals surface area contributed by atoms with Crippen molar-refractivity contribution in [1.29, 1.82) is 0 Å². The Bertz CT molecular complexity index is 1200. The van der Waals surface area contributed by atoms with Crippen molar-refractivity contribution >= 4 is 45.7 Å². The van der Waals surface area contributed by atoms with Crippen molar-refractivity contribution < 1.29 is 23.5 Å². The Morgan fingerprint density at radius 1 is 0.844 bits per heavy atom. The predicted octanol–water partition coefficient (Wildman–Crippen LogP) is 5.54. The number of carbonyl (C=O) groups is 3. The van der Waals surface area contributed by atoms with Gasteiger partial charge < -0.3 is 15.4 Å². The van der Waals surface area contributed by atoms with Gasteiger partial charge in [0.2, 0.25) is 5.91 Å². The Balaban J connectivity index is 1.94. The lowest BCUT2D eigenvalue weighted by atomic mass is 10.0. The predicted molar refractivity (Wildman–Crippen MR) is 122 cm³/mol. The molecule has 8 heteroatoms. The van der Waals surface area contributed by atoms with Gasteiger partial charge in [-0.3, -0.25) is 14.9 Å². The summed E-state index contributed by atoms with van der Waals surface area (Å²) in [6.07, 6.45) is -0.698. The number of amides is 3. The van der Waals surface area contributed by atoms with Crippen LogP contribution in [0.5, 0.6) is 0 Å². The summed E-state index contributed by atoms with van der Waals surface area (Å²) in [5.74, 6) is -1.59. The number of fused-ring (bicyclic) bond motifs is 1. The summed E-state index contributed by atoms with van der Waals surface area (Å²) in [6, 6.07) is 14.6. The van der Waals surface area contributed by atoms with E-state index in [9.17, 15) is 18.8 Å². The van der Waals surface area contributed by atoms with E-state index in [2.05, 4.69) is 16.0 Å². The summed E-state index contributed by atoms with van der Waals surface area (Å²) >= 11 is 0. The average Bonchev–Trinajstić information content (AvgIpc) is 2.68. The van der Waals surface area contributed by atoms with Gasteiger partial charge in [0.1, 0.15) is 11.4 Å². The SMILES string of the molecule is CC(=O)Nc1cc(NC(=O)c2cc3ccccc3cc2NC(=O)OC(C)(C)C)ccc1F. The third kappa shape index (κ3) is 5.81. The molecule has 0 atom stereocenters. The van der Waals surface area contributed by atoms with Crippen LogP contribution in [0, 0.1) is 5.82 Å². The minimum atomic E-state index is -0.711. The minimum Gasteiger partial charge on any atom is -0.444 e. The van der Waals surface area contributed by atoms with Crippen LogP contribution in [0.4, 0.5) is 26.2 Å². The van der Waals surface area contributed by atoms with Crippen molar-refractivity contribution in [3.8, 4) is 0 Å². The molecule has 3 aromatic carbocycles. The molecule has 0 aliphatic heterocycles. The number of halogens is 1. The zero-order chi connectivity index (χ0) is 23.5. The van der Waals surface area contributed by atoms with E-state index in [-0.39, 0.29) is 22.6 Å². The fourth-order valence-electron chi connectivity index (χ4n) is 3.03. The lowest BCUT2D eigenvalue weighted by Crippen LogP contribution is -2.28. The molecule has 3 amide bonds. The number of rotatable bonds is 4. The van der Waals surface area contributed by atoms with Gasteiger partial charge in [-0.15, -0.1) is 0 Å². The number of anilines is 3. The molecular formula is C24H24FN3O4. The summed E-state index contributed by atoms with van der Waals surface area (Å²) < 4.78 is 19.2. The third-order valence-electron chi connectivity index (χ3n) is 4.30. The fourth-order valence-corrected chi connectivity index (χ4v) is 3.03. The van der Waals surface area contributed by atoms with Crippen LogP contribution in [-0.4, -0.2) is 23.5 Å². The highest BCUT2D eigenvalue weighted by Crippen LogP contribution is 2.27. The molecule has 0 bridgehead atoms. The molecule has 0 radical (unpaired) electrons. The molecule has 3 aromatic rings. The monoisotopic (exact) mass is 437 g/mol. The largest absolute Gasteiger partial charge is 0.444 e. The summed E-state index contributed by atoms with van der Waals surface area (Å²) in [4.78, 5) is 36.7. The number of ether oxygens (including phenoxy) is 1. The molecule has 0 fully saturated rings. The van der Waals surface area contributed by atoms with Crippen LogP contribution >= 0.6 is 0 Å². The Morgan fingerprint density at radius 2 is 1.50 bits per heavy atom. The minimum absolute atomic E-state index is 0.0547. The standard InChI is InChI=1S/C24H24FN3O4/c1-14(29)26-21-13-17(9-10-19(21)25)27-22(30)18-11-15-7-5-6-8-16(15)12-20(18)28-23(31)32-24(2,3)4/h5-13H,1-4H3,(H,26,29)(H,27,30)(H,28,31). The number of nitrogens with one attached hydrogen (secondary N) is 3. The second-order valence-corrected chi connectivity index (χ2v) is 8.20. The van der Waals surface area contributed by atoms with Gasteiger partial charge in [0.15, 0.2) is 0 Å². The number of hydrogen-bond donors (Lipinski definition) is 3. The van der Waals surface area contributed by atoms with Crippen molar-refractivity contribution in [2.24, 2.45) is 0 Å². The van der Waals surface area contributed by atoms with Gasteiger partial charge in [-0.2, -0.15) is 0 Å². The van der Waals surface area contributed by atoms with Crippen LogP contribution < -0.4 is 16.0 Å². The van der Waals surface area contributed by atoms with Gasteiger partial charge in [0.05, 0.1) is 16.9 Å². The highest BCUT2D eigenvalue weighted by Gasteiger charge is 2.20. The molecule has 3 N–H and O–H groups in total. The first kappa shape index (κ1) is 22.7. The molecule has 0 aromatic heterocycles. The van der Waals surface area contributed by atoms with Gasteiger partial charge in [0.25, 0.3) is 5.91 Å². The first-order chi connectivity index (χ1) is 15.0. The maximum Gasteiger partial charge on any atom is 0.412 e. The van der Waals surface area contributed by atoms with E-state index in [0.29, 0.717) is 0 Å². The first-order valence-electron chi connectivity index (χ1n) is 9.93. The van der Waals surface area contributed by atoms with E-state index < -0.39 is 29.3 Å². The summed E-state index contributed by atoms with van der Waals surface area (Å²) in [6.45, 7) is 6.47. The fraction of sp³-hybridized carbons (Fsp3) is 0.208. The van der Waals surface area contributed by atoms with Crippen LogP contribution in [0.15, 0.2) is 54.6 Å². The molecule has 0 aliphatic carbocycles. The van der Waals surface area contributed by atoms with Crippen LogP contribution in [0.25, 0.3) is 10.8 Å². The molecule has 0 spiro atoms. The van der Waals surface area contributed by atoms with Crippen molar-refractivity contribution in [1.82, 2.24) is 0 Å². The molecular weight excluding hydrogens is 413 g/mol. The lowest BCUT2D eigenvalue weighted by molar-refractivity contribution is -0.114. The molecule has 0 heterocycles. The van der Waals surface area contributed by atoms with E-state index in [0.717, 1.165) is 16.8 Å². The maximum absolute atomic E-state index is 13.9. The zero-order valence-corrected chi connectivity index (χ0v) is 18.2. The molecule has 166 valence electrons. The molecule has 7 nitrogen and oxygen atoms in total. The summed E-state index contributed by atoms with van der Waals surface area (Å²) in [7, 11) is 0. The molecule has 0 aliphatic rings. The van der Waals surface area contributed by atoms with Gasteiger partial charge >= 0.3 is 6.09 Å². The number of benzene rings is 3. The van der Waals surface area contributed by atoms with Crippen molar-refractivity contribution in [3.05, 3.63) is 66.0 Å². The Labute approximate surface area is 185 Å². The van der Waals surface area contributed by atoms with E-state index in [1.54, 1.807) is 32.9 Å². The number of carbonyl (C=O) groups excluding carboxylic acids is 3. The highest BCUT2D eigenvalue weighted by atomic mass is 19.1. The van der Waals surface area contributed by atoms with Gasteiger partial charge in [0, 0.05) is 12.6 Å². The topological polar surface area (TPSA) is 96.5 Å². The Morgan fingerprint density at radius 3 is 2.12 bits per heavy atom. The van der Waals surface area contributed by atoms with E-state index in [1.807, 2.05) is 24.3 Å². The van der Waals surface area contributed by atoms with Crippen LogP contribution in [0.1, 0.15) is 38.1 Å². The second-order valence-electron chi connectivity index (χ2n) is 8.20. The van der Waals surface area contributed by atoms with Crippen molar-refractivity contribution in [2.45, 2.75) is 33.3 Å². The Kier molecular flexibility index (Phi) is 6.43. The van der Waals surface area contributed by atoms with Crippen molar-refractivity contribution in [2.75, 3.05) is 16.0 Å². The maximum atomic E-state index is 13.9. The van der Waals surface area contributed by atoms with Crippen LogP contribution in [0.3, 0.4) is 0 Å². The molecule has 0 unspecified atom stereocenters. The quantitative estimate of drug-likeness (QED) is 0.499. The smallest absolute Gasteiger partial charge is 0.412 e.